The molecule has 0 saturated carbocycles. The highest BCUT2D eigenvalue weighted by Gasteiger charge is 2.41. The van der Waals surface area contributed by atoms with Gasteiger partial charge in [0.1, 0.15) is 0 Å². The number of hydrogen-bond acceptors (Lipinski definition) is 3. The topological polar surface area (TPSA) is 23.6 Å². The number of likely N-dealkylation sites (tertiary alicyclic amines) is 2. The van der Waals surface area contributed by atoms with Crippen molar-refractivity contribution < 1.29 is 4.79 Å². The third-order valence-electron chi connectivity index (χ3n) is 6.01. The smallest absolute Gasteiger partial charge is 0.253 e. The first-order valence-corrected chi connectivity index (χ1v) is 10.1. The van der Waals surface area contributed by atoms with Crippen LogP contribution in [0.2, 0.25) is 0 Å². The maximum Gasteiger partial charge on any atom is 0.253 e. The summed E-state index contributed by atoms with van der Waals surface area (Å²) >= 11 is 1.74. The molecule has 1 aromatic carbocycles. The molecule has 0 N–H and O–H groups in total. The Kier molecular flexibility index (Phi) is 4.42. The third-order valence-corrected chi connectivity index (χ3v) is 7.07. The van der Waals surface area contributed by atoms with Crippen molar-refractivity contribution in [2.45, 2.75) is 26.2 Å². The Morgan fingerprint density at radius 1 is 1.12 bits per heavy atom. The highest BCUT2D eigenvalue weighted by atomic mass is 32.1. The van der Waals surface area contributed by atoms with Crippen molar-refractivity contribution in [3.8, 4) is 10.4 Å². The summed E-state index contributed by atoms with van der Waals surface area (Å²) in [5, 5.41) is 2.11. The molecule has 4 heteroatoms. The molecule has 132 valence electrons. The van der Waals surface area contributed by atoms with Gasteiger partial charge in [-0.2, -0.15) is 0 Å². The van der Waals surface area contributed by atoms with Crippen LogP contribution >= 0.6 is 11.3 Å². The molecule has 0 aliphatic carbocycles. The lowest BCUT2D eigenvalue weighted by atomic mass is 9.78. The van der Waals surface area contributed by atoms with Crippen LogP contribution in [-0.4, -0.2) is 48.9 Å². The van der Waals surface area contributed by atoms with Gasteiger partial charge in [-0.3, -0.25) is 4.79 Å². The van der Waals surface area contributed by atoms with Gasteiger partial charge >= 0.3 is 0 Å². The number of amides is 1. The Hall–Kier alpha value is -1.65. The largest absolute Gasteiger partial charge is 0.338 e. The Balaban J connectivity index is 1.51. The van der Waals surface area contributed by atoms with E-state index in [1.165, 1.54) is 23.3 Å². The minimum Gasteiger partial charge on any atom is -0.338 e. The van der Waals surface area contributed by atoms with Gasteiger partial charge in [-0.25, -0.2) is 0 Å². The molecule has 2 aliphatic heterocycles. The van der Waals surface area contributed by atoms with Gasteiger partial charge in [-0.15, -0.1) is 11.3 Å². The van der Waals surface area contributed by atoms with E-state index < -0.39 is 0 Å². The minimum atomic E-state index is 0.201. The standard InChI is InChI=1S/C21H26N2OS/c1-16-6-13-25-19(16)17-4-3-5-18(14-17)20(24)23-12-9-21(15-23)7-10-22(2)11-8-21/h3-6,13-14H,7-12,15H2,1-2H3. The van der Waals surface area contributed by atoms with Crippen molar-refractivity contribution in [3.05, 3.63) is 46.8 Å². The molecule has 0 radical (unpaired) electrons. The maximum absolute atomic E-state index is 13.1. The molecule has 4 rings (SSSR count). The molecular formula is C21H26N2OS. The second kappa shape index (κ2) is 6.58. The minimum absolute atomic E-state index is 0.201. The zero-order valence-corrected chi connectivity index (χ0v) is 15.9. The van der Waals surface area contributed by atoms with Crippen molar-refractivity contribution in [1.82, 2.24) is 9.80 Å². The fourth-order valence-corrected chi connectivity index (χ4v) is 5.18. The number of carbonyl (C=O) groups excluding carboxylic acids is 1. The van der Waals surface area contributed by atoms with E-state index in [0.29, 0.717) is 5.41 Å². The van der Waals surface area contributed by atoms with Crippen molar-refractivity contribution in [3.63, 3.8) is 0 Å². The molecule has 0 atom stereocenters. The Morgan fingerprint density at radius 2 is 1.88 bits per heavy atom. The van der Waals surface area contributed by atoms with Gasteiger partial charge in [-0.1, -0.05) is 12.1 Å². The number of rotatable bonds is 2. The molecular weight excluding hydrogens is 328 g/mol. The molecule has 0 unspecified atom stereocenters. The summed E-state index contributed by atoms with van der Waals surface area (Å²) < 4.78 is 0. The van der Waals surface area contributed by atoms with E-state index in [0.717, 1.165) is 43.7 Å². The van der Waals surface area contributed by atoms with Gasteiger partial charge in [-0.05, 0) is 86.4 Å². The predicted octanol–water partition coefficient (Wildman–Crippen LogP) is 4.28. The van der Waals surface area contributed by atoms with Gasteiger partial charge in [0.25, 0.3) is 5.91 Å². The van der Waals surface area contributed by atoms with E-state index in [4.69, 9.17) is 0 Å². The van der Waals surface area contributed by atoms with Gasteiger partial charge in [0, 0.05) is 23.5 Å². The first kappa shape index (κ1) is 16.8. The van der Waals surface area contributed by atoms with E-state index in [9.17, 15) is 4.79 Å². The van der Waals surface area contributed by atoms with Gasteiger partial charge in [0.05, 0.1) is 0 Å². The first-order valence-electron chi connectivity index (χ1n) is 9.19. The highest BCUT2D eigenvalue weighted by Crippen LogP contribution is 2.40. The molecule has 0 bridgehead atoms. The maximum atomic E-state index is 13.1. The average molecular weight is 355 g/mol. The Bertz CT molecular complexity index is 774. The van der Waals surface area contributed by atoms with Crippen LogP contribution in [0, 0.1) is 12.3 Å². The average Bonchev–Trinajstić information content (AvgIpc) is 3.24. The summed E-state index contributed by atoms with van der Waals surface area (Å²) in [6, 6.07) is 10.3. The van der Waals surface area contributed by atoms with Crippen LogP contribution in [0.15, 0.2) is 35.7 Å². The van der Waals surface area contributed by atoms with Crippen LogP contribution in [0.5, 0.6) is 0 Å². The zero-order chi connectivity index (χ0) is 17.4. The fraction of sp³-hybridized carbons (Fsp3) is 0.476. The molecule has 2 aromatic rings. The SMILES string of the molecule is Cc1ccsc1-c1cccc(C(=O)N2CCC3(CCN(C)CC3)C2)c1. The second-order valence-electron chi connectivity index (χ2n) is 7.79. The third kappa shape index (κ3) is 3.25. The number of benzene rings is 1. The number of aryl methyl sites for hydroxylation is 1. The van der Waals surface area contributed by atoms with Crippen molar-refractivity contribution >= 4 is 17.2 Å². The summed E-state index contributed by atoms with van der Waals surface area (Å²) in [7, 11) is 2.20. The first-order chi connectivity index (χ1) is 12.1. The normalized spacial score (nSPS) is 20.3. The summed E-state index contributed by atoms with van der Waals surface area (Å²) in [6.45, 7) is 6.29. The summed E-state index contributed by atoms with van der Waals surface area (Å²) in [5.41, 5.74) is 3.63. The fourth-order valence-electron chi connectivity index (χ4n) is 4.25. The van der Waals surface area contributed by atoms with Crippen molar-refractivity contribution in [2.75, 3.05) is 33.2 Å². The van der Waals surface area contributed by atoms with Crippen LogP contribution in [0.3, 0.4) is 0 Å². The number of thiophene rings is 1. The molecule has 1 spiro atoms. The van der Waals surface area contributed by atoms with E-state index in [1.54, 1.807) is 11.3 Å². The summed E-state index contributed by atoms with van der Waals surface area (Å²) in [6.07, 6.45) is 3.61. The number of hydrogen-bond donors (Lipinski definition) is 0. The summed E-state index contributed by atoms with van der Waals surface area (Å²) in [5.74, 6) is 0.201. The van der Waals surface area contributed by atoms with Crippen LogP contribution in [0.4, 0.5) is 0 Å². The molecule has 2 fully saturated rings. The Morgan fingerprint density at radius 3 is 2.60 bits per heavy atom. The van der Waals surface area contributed by atoms with Gasteiger partial charge in [0.2, 0.25) is 0 Å². The molecule has 3 heterocycles. The van der Waals surface area contributed by atoms with Crippen molar-refractivity contribution in [2.24, 2.45) is 5.41 Å². The van der Waals surface area contributed by atoms with Crippen LogP contribution < -0.4 is 0 Å². The lowest BCUT2D eigenvalue weighted by molar-refractivity contribution is 0.0736. The summed E-state index contributed by atoms with van der Waals surface area (Å²) in [4.78, 5) is 18.8. The lowest BCUT2D eigenvalue weighted by Crippen LogP contribution is -2.40. The monoisotopic (exact) mass is 354 g/mol. The van der Waals surface area contributed by atoms with Crippen molar-refractivity contribution in [1.29, 1.82) is 0 Å². The van der Waals surface area contributed by atoms with E-state index in [1.807, 2.05) is 12.1 Å². The Labute approximate surface area is 154 Å². The number of nitrogens with zero attached hydrogens (tertiary/aromatic N) is 2. The second-order valence-corrected chi connectivity index (χ2v) is 8.71. The molecule has 2 saturated heterocycles. The highest BCUT2D eigenvalue weighted by molar-refractivity contribution is 7.13. The lowest BCUT2D eigenvalue weighted by Gasteiger charge is -2.37. The van der Waals surface area contributed by atoms with Gasteiger partial charge in [0.15, 0.2) is 0 Å². The molecule has 3 nitrogen and oxygen atoms in total. The molecule has 1 aromatic heterocycles. The van der Waals surface area contributed by atoms with Gasteiger partial charge < -0.3 is 9.80 Å². The van der Waals surface area contributed by atoms with E-state index >= 15 is 0 Å². The molecule has 1 amide bonds. The predicted molar refractivity (Wildman–Crippen MR) is 104 cm³/mol. The zero-order valence-electron chi connectivity index (χ0n) is 15.1. The number of piperidine rings is 1. The van der Waals surface area contributed by atoms with E-state index in [-0.39, 0.29) is 5.91 Å². The van der Waals surface area contributed by atoms with Crippen LogP contribution in [0.25, 0.3) is 10.4 Å². The van der Waals surface area contributed by atoms with Crippen LogP contribution in [-0.2, 0) is 0 Å². The quantitative estimate of drug-likeness (QED) is 0.803. The molecule has 2 aliphatic rings. The number of carbonyl (C=O) groups is 1. The molecule has 25 heavy (non-hydrogen) atoms. The van der Waals surface area contributed by atoms with E-state index in [2.05, 4.69) is 47.4 Å². The van der Waals surface area contributed by atoms with Crippen LogP contribution in [0.1, 0.15) is 35.2 Å².